The molecule has 1 unspecified atom stereocenters. The van der Waals surface area contributed by atoms with Crippen molar-refractivity contribution in [2.75, 3.05) is 26.3 Å². The average molecular weight is 461 g/mol. The number of hydrogen-bond donors (Lipinski definition) is 1. The Bertz CT molecular complexity index is 1190. The van der Waals surface area contributed by atoms with Crippen molar-refractivity contribution < 1.29 is 17.9 Å². The number of hydrogen-bond acceptors (Lipinski definition) is 6. The van der Waals surface area contributed by atoms with E-state index >= 15 is 0 Å². The first-order valence-electron chi connectivity index (χ1n) is 9.99. The lowest BCUT2D eigenvalue weighted by Gasteiger charge is -2.30. The SMILES string of the molecule is CCn1c(SC(C(=O)N2CCOCC2)c2ccccc2)nc2cc(S(N)(=O)=O)ccc21. The van der Waals surface area contributed by atoms with Gasteiger partial charge >= 0.3 is 0 Å². The highest BCUT2D eigenvalue weighted by Crippen LogP contribution is 2.38. The second kappa shape index (κ2) is 8.99. The molecule has 2 heterocycles. The molecule has 1 aromatic heterocycles. The van der Waals surface area contributed by atoms with Gasteiger partial charge in [-0.25, -0.2) is 18.5 Å². The molecule has 1 aliphatic rings. The van der Waals surface area contributed by atoms with Crippen LogP contribution >= 0.6 is 11.8 Å². The zero-order chi connectivity index (χ0) is 22.0. The fourth-order valence-corrected chi connectivity index (χ4v) is 5.40. The number of nitrogens with two attached hydrogens (primary N) is 1. The molecule has 3 aromatic rings. The fourth-order valence-electron chi connectivity index (χ4n) is 3.60. The largest absolute Gasteiger partial charge is 0.378 e. The summed E-state index contributed by atoms with van der Waals surface area (Å²) < 4.78 is 30.9. The molecule has 0 bridgehead atoms. The van der Waals surface area contributed by atoms with E-state index in [1.165, 1.54) is 23.9 Å². The highest BCUT2D eigenvalue weighted by atomic mass is 32.2. The standard InChI is InChI=1S/C21H24N4O4S2/c1-2-25-18-9-8-16(31(22,27)28)14-17(18)23-21(25)30-19(15-6-4-3-5-7-15)20(26)24-10-12-29-13-11-24/h3-9,14,19H,2,10-13H2,1H3,(H2,22,27,28). The van der Waals surface area contributed by atoms with Gasteiger partial charge in [-0.05, 0) is 30.7 Å². The predicted octanol–water partition coefficient (Wildman–Crippen LogP) is 2.40. The molecule has 8 nitrogen and oxygen atoms in total. The summed E-state index contributed by atoms with van der Waals surface area (Å²) in [6.45, 7) is 4.79. The molecule has 2 N–H and O–H groups in total. The molecular formula is C21H24N4O4S2. The summed E-state index contributed by atoms with van der Waals surface area (Å²) in [5.74, 6) is 0.0134. The lowest BCUT2D eigenvalue weighted by molar-refractivity contribution is -0.134. The van der Waals surface area contributed by atoms with Crippen molar-refractivity contribution in [1.29, 1.82) is 0 Å². The van der Waals surface area contributed by atoms with Crippen molar-refractivity contribution in [3.8, 4) is 0 Å². The maximum Gasteiger partial charge on any atom is 0.240 e. The van der Waals surface area contributed by atoms with Crippen LogP contribution in [0.4, 0.5) is 0 Å². The van der Waals surface area contributed by atoms with Crippen molar-refractivity contribution >= 4 is 38.7 Å². The average Bonchev–Trinajstić information content (AvgIpc) is 3.14. The third kappa shape index (κ3) is 4.62. The number of benzene rings is 2. The fraction of sp³-hybridized carbons (Fsp3) is 0.333. The van der Waals surface area contributed by atoms with Crippen LogP contribution < -0.4 is 5.14 Å². The van der Waals surface area contributed by atoms with Crippen molar-refractivity contribution in [2.24, 2.45) is 5.14 Å². The smallest absolute Gasteiger partial charge is 0.240 e. The lowest BCUT2D eigenvalue weighted by Crippen LogP contribution is -2.42. The number of morpholine rings is 1. The molecule has 31 heavy (non-hydrogen) atoms. The van der Waals surface area contributed by atoms with Crippen LogP contribution in [0.25, 0.3) is 11.0 Å². The van der Waals surface area contributed by atoms with E-state index in [1.807, 2.05) is 46.7 Å². The number of sulfonamides is 1. The molecule has 2 aromatic carbocycles. The van der Waals surface area contributed by atoms with Crippen molar-refractivity contribution in [1.82, 2.24) is 14.5 Å². The first kappa shape index (κ1) is 21.8. The van der Waals surface area contributed by atoms with Crippen molar-refractivity contribution in [3.05, 3.63) is 54.1 Å². The number of imidazole rings is 1. The highest BCUT2D eigenvalue weighted by molar-refractivity contribution is 8.00. The summed E-state index contributed by atoms with van der Waals surface area (Å²) in [5.41, 5.74) is 2.22. The number of amides is 1. The molecule has 0 spiro atoms. The van der Waals surface area contributed by atoms with Crippen LogP contribution in [-0.4, -0.2) is 55.1 Å². The second-order valence-corrected chi connectivity index (χ2v) is 9.81. The third-order valence-electron chi connectivity index (χ3n) is 5.20. The van der Waals surface area contributed by atoms with Crippen LogP contribution in [0.15, 0.2) is 58.6 Å². The monoisotopic (exact) mass is 460 g/mol. The number of aryl methyl sites for hydroxylation is 1. The van der Waals surface area contributed by atoms with Crippen LogP contribution in [0.5, 0.6) is 0 Å². The van der Waals surface area contributed by atoms with Gasteiger partial charge in [-0.2, -0.15) is 0 Å². The van der Waals surface area contributed by atoms with Crippen LogP contribution in [-0.2, 0) is 26.1 Å². The van der Waals surface area contributed by atoms with E-state index in [9.17, 15) is 13.2 Å². The Labute approximate surface area is 185 Å². The minimum Gasteiger partial charge on any atom is -0.378 e. The third-order valence-corrected chi connectivity index (χ3v) is 7.35. The zero-order valence-corrected chi connectivity index (χ0v) is 18.7. The van der Waals surface area contributed by atoms with Gasteiger partial charge in [0.1, 0.15) is 5.25 Å². The van der Waals surface area contributed by atoms with E-state index in [0.717, 1.165) is 11.1 Å². The Hall–Kier alpha value is -2.40. The van der Waals surface area contributed by atoms with E-state index in [-0.39, 0.29) is 10.8 Å². The van der Waals surface area contributed by atoms with Crippen LogP contribution in [0, 0.1) is 0 Å². The van der Waals surface area contributed by atoms with E-state index < -0.39 is 15.3 Å². The lowest BCUT2D eigenvalue weighted by atomic mass is 10.1. The Balaban J connectivity index is 1.74. The number of carbonyl (C=O) groups is 1. The molecule has 0 aliphatic carbocycles. The summed E-state index contributed by atoms with van der Waals surface area (Å²) >= 11 is 1.37. The van der Waals surface area contributed by atoms with Gasteiger partial charge in [0, 0.05) is 19.6 Å². The zero-order valence-electron chi connectivity index (χ0n) is 17.1. The molecule has 1 atom stereocenters. The van der Waals surface area contributed by atoms with E-state index in [2.05, 4.69) is 4.98 Å². The van der Waals surface area contributed by atoms with Gasteiger partial charge in [0.15, 0.2) is 5.16 Å². The van der Waals surface area contributed by atoms with Crippen LogP contribution in [0.2, 0.25) is 0 Å². The highest BCUT2D eigenvalue weighted by Gasteiger charge is 2.30. The molecule has 0 radical (unpaired) electrons. The van der Waals surface area contributed by atoms with Crippen molar-refractivity contribution in [2.45, 2.75) is 28.8 Å². The predicted molar refractivity (Wildman–Crippen MR) is 119 cm³/mol. The van der Waals surface area contributed by atoms with Gasteiger partial charge in [0.25, 0.3) is 0 Å². The molecule has 1 aliphatic heterocycles. The Morgan fingerprint density at radius 3 is 2.55 bits per heavy atom. The number of thioether (sulfide) groups is 1. The molecule has 1 fully saturated rings. The van der Waals surface area contributed by atoms with Gasteiger partial charge in [-0.15, -0.1) is 0 Å². The van der Waals surface area contributed by atoms with Gasteiger partial charge in [-0.1, -0.05) is 42.1 Å². The maximum atomic E-state index is 13.4. The summed E-state index contributed by atoms with van der Waals surface area (Å²) in [4.78, 5) is 19.9. The molecular weight excluding hydrogens is 436 g/mol. The molecule has 1 saturated heterocycles. The van der Waals surface area contributed by atoms with Gasteiger partial charge in [-0.3, -0.25) is 4.79 Å². The Morgan fingerprint density at radius 2 is 1.90 bits per heavy atom. The number of fused-ring (bicyclic) bond motifs is 1. The Morgan fingerprint density at radius 1 is 1.19 bits per heavy atom. The molecule has 0 saturated carbocycles. The summed E-state index contributed by atoms with van der Waals surface area (Å²) in [5, 5.41) is 5.46. The number of primary sulfonamides is 1. The minimum atomic E-state index is -3.83. The quantitative estimate of drug-likeness (QED) is 0.566. The topological polar surface area (TPSA) is 108 Å². The number of rotatable bonds is 6. The molecule has 10 heteroatoms. The number of ether oxygens (including phenoxy) is 1. The number of nitrogens with zero attached hydrogens (tertiary/aromatic N) is 3. The van der Waals surface area contributed by atoms with E-state index in [4.69, 9.17) is 9.88 Å². The number of aromatic nitrogens is 2. The van der Waals surface area contributed by atoms with Crippen LogP contribution in [0.3, 0.4) is 0 Å². The first-order chi connectivity index (χ1) is 14.9. The molecule has 164 valence electrons. The molecule has 1 amide bonds. The van der Waals surface area contributed by atoms with Crippen LogP contribution in [0.1, 0.15) is 17.7 Å². The Kier molecular flexibility index (Phi) is 6.33. The van der Waals surface area contributed by atoms with Crippen molar-refractivity contribution in [3.63, 3.8) is 0 Å². The second-order valence-electron chi connectivity index (χ2n) is 7.18. The van der Waals surface area contributed by atoms with Gasteiger partial charge < -0.3 is 14.2 Å². The van der Waals surface area contributed by atoms with E-state index in [1.54, 1.807) is 6.07 Å². The first-order valence-corrected chi connectivity index (χ1v) is 12.4. The molecule has 4 rings (SSSR count). The van der Waals surface area contributed by atoms with Gasteiger partial charge in [0.2, 0.25) is 15.9 Å². The minimum absolute atomic E-state index is 0.0134. The van der Waals surface area contributed by atoms with Gasteiger partial charge in [0.05, 0.1) is 29.1 Å². The normalized spacial score (nSPS) is 15.9. The number of carbonyl (C=O) groups excluding carboxylic acids is 1. The summed E-state index contributed by atoms with van der Waals surface area (Å²) in [6, 6.07) is 14.3. The summed E-state index contributed by atoms with van der Waals surface area (Å²) in [6.07, 6.45) is 0. The summed E-state index contributed by atoms with van der Waals surface area (Å²) in [7, 11) is -3.83. The maximum absolute atomic E-state index is 13.4. The van der Waals surface area contributed by atoms with E-state index in [0.29, 0.717) is 43.5 Å².